The van der Waals surface area contributed by atoms with Gasteiger partial charge >= 0.3 is 0 Å². The molecule has 1 amide bonds. The molecule has 8 heteroatoms. The second-order valence-corrected chi connectivity index (χ2v) is 8.00. The number of ether oxygens (including phenoxy) is 1. The van der Waals surface area contributed by atoms with Crippen LogP contribution < -0.4 is 15.9 Å². The molecule has 1 atom stereocenters. The van der Waals surface area contributed by atoms with Gasteiger partial charge < -0.3 is 15.9 Å². The van der Waals surface area contributed by atoms with Crippen molar-refractivity contribution in [3.63, 3.8) is 0 Å². The van der Waals surface area contributed by atoms with E-state index in [1.165, 1.54) is 16.4 Å². The molecule has 2 aromatic carbocycles. The molecule has 3 aromatic rings. The number of hydrogen-bond acceptors (Lipinski definition) is 6. The molecule has 0 spiro atoms. The summed E-state index contributed by atoms with van der Waals surface area (Å²) < 4.78 is 6.58. The number of hydrogen-bond donors (Lipinski definition) is 2. The number of carbonyl (C=O) groups excluding carboxylic acids is 1. The molecule has 0 aliphatic rings. The van der Waals surface area contributed by atoms with Gasteiger partial charge in [-0.15, -0.1) is 10.2 Å². The van der Waals surface area contributed by atoms with Crippen LogP contribution in [0.1, 0.15) is 18.1 Å². The summed E-state index contributed by atoms with van der Waals surface area (Å²) in [6.45, 7) is 4.40. The Hall–Kier alpha value is -3.00. The van der Waals surface area contributed by atoms with Crippen molar-refractivity contribution in [2.45, 2.75) is 30.7 Å². The zero-order valence-corrected chi connectivity index (χ0v) is 17.6. The molecule has 0 unspecified atom stereocenters. The standard InChI is InChI=1S/C21H25N5O2S/c1-14-4-8-17(9-5-14)19-24-25-21(26(19)22)29-15(2)20(27)23-13-12-16-6-10-18(28-3)11-7-16/h4-11,15H,12-13,22H2,1-3H3,(H,23,27)/t15-/m1/s1. The van der Waals surface area contributed by atoms with Crippen molar-refractivity contribution in [3.8, 4) is 17.1 Å². The lowest BCUT2D eigenvalue weighted by atomic mass is 10.1. The third kappa shape index (κ3) is 5.29. The Morgan fingerprint density at radius 2 is 1.86 bits per heavy atom. The third-order valence-corrected chi connectivity index (χ3v) is 5.55. The van der Waals surface area contributed by atoms with Gasteiger partial charge in [-0.05, 0) is 38.0 Å². The highest BCUT2D eigenvalue weighted by molar-refractivity contribution is 8.00. The van der Waals surface area contributed by atoms with Gasteiger partial charge in [0, 0.05) is 12.1 Å². The molecule has 0 fully saturated rings. The highest BCUT2D eigenvalue weighted by atomic mass is 32.2. The van der Waals surface area contributed by atoms with Crippen LogP contribution in [0.3, 0.4) is 0 Å². The van der Waals surface area contributed by atoms with E-state index in [9.17, 15) is 4.79 Å². The Morgan fingerprint density at radius 1 is 1.17 bits per heavy atom. The molecular weight excluding hydrogens is 386 g/mol. The van der Waals surface area contributed by atoms with Gasteiger partial charge in [-0.25, -0.2) is 4.68 Å². The average Bonchev–Trinajstić information content (AvgIpc) is 3.09. The molecule has 0 saturated carbocycles. The summed E-state index contributed by atoms with van der Waals surface area (Å²) in [6, 6.07) is 15.7. The Bertz CT molecular complexity index is 954. The summed E-state index contributed by atoms with van der Waals surface area (Å²) in [7, 11) is 1.64. The van der Waals surface area contributed by atoms with E-state index in [0.29, 0.717) is 17.5 Å². The van der Waals surface area contributed by atoms with Crippen LogP contribution in [0.2, 0.25) is 0 Å². The maximum absolute atomic E-state index is 12.4. The quantitative estimate of drug-likeness (QED) is 0.437. The van der Waals surface area contributed by atoms with Crippen molar-refractivity contribution >= 4 is 17.7 Å². The predicted molar refractivity (Wildman–Crippen MR) is 115 cm³/mol. The summed E-state index contributed by atoms with van der Waals surface area (Å²) >= 11 is 1.28. The number of nitrogens with zero attached hydrogens (tertiary/aromatic N) is 3. The van der Waals surface area contributed by atoms with Crippen molar-refractivity contribution in [1.29, 1.82) is 0 Å². The smallest absolute Gasteiger partial charge is 0.233 e. The zero-order chi connectivity index (χ0) is 20.8. The second-order valence-electron chi connectivity index (χ2n) is 6.69. The van der Waals surface area contributed by atoms with Gasteiger partial charge in [-0.3, -0.25) is 4.79 Å². The van der Waals surface area contributed by atoms with E-state index in [-0.39, 0.29) is 11.2 Å². The Kier molecular flexibility index (Phi) is 6.77. The summed E-state index contributed by atoms with van der Waals surface area (Å²) in [5.74, 6) is 7.47. The highest BCUT2D eigenvalue weighted by Gasteiger charge is 2.19. The fraction of sp³-hybridized carbons (Fsp3) is 0.286. The topological polar surface area (TPSA) is 95.1 Å². The number of methoxy groups -OCH3 is 1. The molecule has 3 rings (SSSR count). The minimum absolute atomic E-state index is 0.0663. The van der Waals surface area contributed by atoms with Crippen molar-refractivity contribution in [2.24, 2.45) is 0 Å². The molecule has 0 saturated heterocycles. The molecule has 152 valence electrons. The molecule has 0 aliphatic heterocycles. The first-order chi connectivity index (χ1) is 14.0. The van der Waals surface area contributed by atoms with E-state index < -0.39 is 0 Å². The van der Waals surface area contributed by atoms with Crippen LogP contribution in [0.4, 0.5) is 0 Å². The van der Waals surface area contributed by atoms with E-state index in [1.54, 1.807) is 7.11 Å². The van der Waals surface area contributed by atoms with E-state index in [0.717, 1.165) is 28.9 Å². The van der Waals surface area contributed by atoms with Crippen molar-refractivity contribution in [2.75, 3.05) is 19.5 Å². The lowest BCUT2D eigenvalue weighted by Gasteiger charge is -2.12. The van der Waals surface area contributed by atoms with Crippen LogP contribution in [0.15, 0.2) is 53.7 Å². The third-order valence-electron chi connectivity index (χ3n) is 4.50. The number of nitrogen functional groups attached to an aromatic ring is 1. The maximum Gasteiger partial charge on any atom is 0.233 e. The van der Waals surface area contributed by atoms with Crippen LogP contribution >= 0.6 is 11.8 Å². The van der Waals surface area contributed by atoms with Crippen LogP contribution in [-0.2, 0) is 11.2 Å². The van der Waals surface area contributed by atoms with Gasteiger partial charge in [0.05, 0.1) is 12.4 Å². The molecule has 1 heterocycles. The van der Waals surface area contributed by atoms with Crippen LogP contribution in [-0.4, -0.2) is 39.7 Å². The number of aromatic nitrogens is 3. The second kappa shape index (κ2) is 9.47. The molecule has 29 heavy (non-hydrogen) atoms. The number of carbonyl (C=O) groups is 1. The van der Waals surface area contributed by atoms with Gasteiger partial charge in [0.1, 0.15) is 5.75 Å². The van der Waals surface area contributed by atoms with E-state index >= 15 is 0 Å². The molecule has 7 nitrogen and oxygen atoms in total. The van der Waals surface area contributed by atoms with Crippen LogP contribution in [0.5, 0.6) is 5.75 Å². The van der Waals surface area contributed by atoms with Crippen LogP contribution in [0.25, 0.3) is 11.4 Å². The summed E-state index contributed by atoms with van der Waals surface area (Å²) in [5.41, 5.74) is 3.18. The number of benzene rings is 2. The average molecular weight is 412 g/mol. The number of amides is 1. The predicted octanol–water partition coefficient (Wildman–Crippen LogP) is 2.82. The van der Waals surface area contributed by atoms with E-state index in [4.69, 9.17) is 10.6 Å². The first kappa shape index (κ1) is 20.7. The Labute approximate surface area is 174 Å². The number of nitrogens with two attached hydrogens (primary N) is 1. The van der Waals surface area contributed by atoms with Crippen molar-refractivity contribution in [1.82, 2.24) is 20.2 Å². The van der Waals surface area contributed by atoms with Gasteiger partial charge in [0.15, 0.2) is 5.82 Å². The zero-order valence-electron chi connectivity index (χ0n) is 16.8. The summed E-state index contributed by atoms with van der Waals surface area (Å²) in [6.07, 6.45) is 0.748. The fourth-order valence-electron chi connectivity index (χ4n) is 2.73. The van der Waals surface area contributed by atoms with Crippen LogP contribution in [0, 0.1) is 6.92 Å². The maximum atomic E-state index is 12.4. The first-order valence-electron chi connectivity index (χ1n) is 9.32. The van der Waals surface area contributed by atoms with Gasteiger partial charge in [0.2, 0.25) is 11.1 Å². The summed E-state index contributed by atoms with van der Waals surface area (Å²) in [4.78, 5) is 12.4. The molecule has 0 aliphatic carbocycles. The number of thioether (sulfide) groups is 1. The minimum atomic E-state index is -0.344. The number of aryl methyl sites for hydroxylation is 1. The van der Waals surface area contributed by atoms with Gasteiger partial charge in [0.25, 0.3) is 0 Å². The molecule has 1 aromatic heterocycles. The Balaban J connectivity index is 1.53. The SMILES string of the molecule is COc1ccc(CCNC(=O)[C@@H](C)Sc2nnc(-c3ccc(C)cc3)n2N)cc1. The largest absolute Gasteiger partial charge is 0.497 e. The molecular formula is C21H25N5O2S. The fourth-order valence-corrected chi connectivity index (χ4v) is 3.53. The van der Waals surface area contributed by atoms with Crippen molar-refractivity contribution in [3.05, 3.63) is 59.7 Å². The lowest BCUT2D eigenvalue weighted by molar-refractivity contribution is -0.120. The molecule has 3 N–H and O–H groups in total. The molecule has 0 radical (unpaired) electrons. The van der Waals surface area contributed by atoms with E-state index in [1.807, 2.05) is 62.4 Å². The first-order valence-corrected chi connectivity index (χ1v) is 10.2. The van der Waals surface area contributed by atoms with Gasteiger partial charge in [-0.1, -0.05) is 53.7 Å². The summed E-state index contributed by atoms with van der Waals surface area (Å²) in [5, 5.41) is 11.4. The Morgan fingerprint density at radius 3 is 2.52 bits per heavy atom. The lowest BCUT2D eigenvalue weighted by Crippen LogP contribution is -2.32. The monoisotopic (exact) mass is 411 g/mol. The van der Waals surface area contributed by atoms with E-state index in [2.05, 4.69) is 15.5 Å². The normalized spacial score (nSPS) is 11.8. The number of rotatable bonds is 8. The minimum Gasteiger partial charge on any atom is -0.497 e. The molecule has 0 bridgehead atoms. The van der Waals surface area contributed by atoms with Gasteiger partial charge in [-0.2, -0.15) is 0 Å². The highest BCUT2D eigenvalue weighted by Crippen LogP contribution is 2.25. The van der Waals surface area contributed by atoms with Crippen molar-refractivity contribution < 1.29 is 9.53 Å². The number of nitrogens with one attached hydrogen (secondary N) is 1.